The quantitative estimate of drug-likeness (QED) is 0.0751. The average Bonchev–Trinajstić information content (AvgIpc) is 3.22. The summed E-state index contributed by atoms with van der Waals surface area (Å²) in [7, 11) is 1.64. The molecule has 0 aromatic heterocycles. The molecule has 0 heterocycles. The van der Waals surface area contributed by atoms with Gasteiger partial charge >= 0.3 is 0 Å². The number of benzene rings is 7. The van der Waals surface area contributed by atoms with Crippen LogP contribution in [0.25, 0.3) is 22.3 Å². The molecule has 0 aliphatic heterocycles. The van der Waals surface area contributed by atoms with Crippen molar-refractivity contribution in [2.45, 2.75) is 13.8 Å². The molecular formula is C46H32F4O5. The number of carbonyl (C=O) groups excluding carboxylic acids is 1. The van der Waals surface area contributed by atoms with E-state index in [1.165, 1.54) is 12.1 Å². The lowest BCUT2D eigenvalue weighted by atomic mass is 10.0. The molecule has 0 amide bonds. The maximum absolute atomic E-state index is 14.3. The molecule has 0 atom stereocenters. The summed E-state index contributed by atoms with van der Waals surface area (Å²) in [5, 5.41) is 0. The Morgan fingerprint density at radius 2 is 0.818 bits per heavy atom. The largest absolute Gasteiger partial charge is 0.497 e. The molecule has 0 radical (unpaired) electrons. The minimum absolute atomic E-state index is 0.00387. The number of ether oxygens (including phenoxy) is 4. The smallest absolute Gasteiger partial charge is 0.204 e. The number of halogens is 4. The summed E-state index contributed by atoms with van der Waals surface area (Å²) < 4.78 is 78.9. The van der Waals surface area contributed by atoms with Crippen molar-refractivity contribution in [3.8, 4) is 62.5 Å². The Balaban J connectivity index is 0.949. The van der Waals surface area contributed by atoms with E-state index < -0.39 is 34.6 Å². The lowest BCUT2D eigenvalue weighted by Crippen LogP contribution is -2.03. The maximum atomic E-state index is 14.3. The Kier molecular flexibility index (Phi) is 10.4. The molecule has 0 N–H and O–H groups in total. The van der Waals surface area contributed by atoms with Gasteiger partial charge in [-0.3, -0.25) is 4.79 Å². The van der Waals surface area contributed by atoms with Crippen LogP contribution in [0.1, 0.15) is 27.0 Å². The highest BCUT2D eigenvalue weighted by Gasteiger charge is 2.25. The third-order valence-corrected chi connectivity index (χ3v) is 9.00. The molecule has 0 unspecified atom stereocenters. The maximum Gasteiger partial charge on any atom is 0.204 e. The van der Waals surface area contributed by atoms with Crippen molar-refractivity contribution in [3.63, 3.8) is 0 Å². The molecule has 0 saturated carbocycles. The third-order valence-electron chi connectivity index (χ3n) is 9.00. The lowest BCUT2D eigenvalue weighted by molar-refractivity contribution is 0.103. The van der Waals surface area contributed by atoms with Crippen LogP contribution in [-0.2, 0) is 0 Å². The van der Waals surface area contributed by atoms with Gasteiger partial charge in [-0.15, -0.1) is 0 Å². The topological polar surface area (TPSA) is 54.0 Å². The number of hydrogen-bond acceptors (Lipinski definition) is 5. The summed E-state index contributed by atoms with van der Waals surface area (Å²) in [6.07, 6.45) is 0. The molecule has 0 aliphatic rings. The fraction of sp³-hybridized carbons (Fsp3) is 0.0652. The van der Waals surface area contributed by atoms with Gasteiger partial charge in [0.25, 0.3) is 0 Å². The van der Waals surface area contributed by atoms with Crippen molar-refractivity contribution in [2.24, 2.45) is 0 Å². The zero-order valence-corrected chi connectivity index (χ0v) is 29.8. The van der Waals surface area contributed by atoms with Crippen LogP contribution in [0.5, 0.6) is 40.2 Å². The molecule has 0 aliphatic carbocycles. The zero-order valence-electron chi connectivity index (χ0n) is 29.8. The van der Waals surface area contributed by atoms with E-state index in [-0.39, 0.29) is 11.5 Å². The predicted octanol–water partition coefficient (Wildman–Crippen LogP) is 12.8. The molecule has 0 saturated heterocycles. The molecule has 0 spiro atoms. The Morgan fingerprint density at radius 1 is 0.436 bits per heavy atom. The molecule has 274 valence electrons. The highest BCUT2D eigenvalue weighted by molar-refractivity contribution is 6.09. The van der Waals surface area contributed by atoms with Gasteiger partial charge in [-0.05, 0) is 133 Å². The van der Waals surface area contributed by atoms with E-state index in [1.807, 2.05) is 73.7 Å². The van der Waals surface area contributed by atoms with Crippen LogP contribution in [0.3, 0.4) is 0 Å². The van der Waals surface area contributed by atoms with Crippen LogP contribution >= 0.6 is 0 Å². The van der Waals surface area contributed by atoms with E-state index in [1.54, 1.807) is 67.8 Å². The fourth-order valence-electron chi connectivity index (χ4n) is 5.87. The summed E-state index contributed by atoms with van der Waals surface area (Å²) in [4.78, 5) is 13.3. The molecule has 7 aromatic rings. The highest BCUT2D eigenvalue weighted by Crippen LogP contribution is 2.35. The molecule has 7 aromatic carbocycles. The number of ketones is 1. The van der Waals surface area contributed by atoms with Crippen LogP contribution in [0.4, 0.5) is 17.6 Å². The monoisotopic (exact) mass is 740 g/mol. The van der Waals surface area contributed by atoms with Crippen LogP contribution in [-0.4, -0.2) is 12.9 Å². The standard InChI is InChI=1S/C46H32F4O5/c1-27-26-34(14-25-40(27)54-38-19-8-31(9-20-38)29-4-15-35(52-3)16-5-29)45(51)33-12-23-37(24-13-33)53-36-17-6-30(7-18-36)32-10-21-39(22-11-32)55-46-43(49)41(47)28(2)42(48)44(46)50/h4-26H,1-3H3. The Bertz CT molecular complexity index is 2450. The predicted molar refractivity (Wildman–Crippen MR) is 203 cm³/mol. The van der Waals surface area contributed by atoms with Crippen LogP contribution in [0, 0.1) is 37.1 Å². The normalized spacial score (nSPS) is 10.9. The summed E-state index contributed by atoms with van der Waals surface area (Å²) in [5.41, 5.74) is 4.76. The first-order valence-corrected chi connectivity index (χ1v) is 17.1. The number of carbonyl (C=O) groups is 1. The Labute approximate surface area is 315 Å². The van der Waals surface area contributed by atoms with Crippen molar-refractivity contribution in [2.75, 3.05) is 7.11 Å². The van der Waals surface area contributed by atoms with E-state index in [0.717, 1.165) is 40.5 Å². The van der Waals surface area contributed by atoms with Gasteiger partial charge in [0.1, 0.15) is 34.5 Å². The average molecular weight is 741 g/mol. The summed E-state index contributed by atoms with van der Waals surface area (Å²) >= 11 is 0. The molecule has 0 fully saturated rings. The lowest BCUT2D eigenvalue weighted by Gasteiger charge is -2.12. The van der Waals surface area contributed by atoms with Gasteiger partial charge in [0.2, 0.25) is 17.4 Å². The van der Waals surface area contributed by atoms with E-state index in [9.17, 15) is 22.4 Å². The number of aryl methyl sites for hydroxylation is 1. The fourth-order valence-corrected chi connectivity index (χ4v) is 5.87. The first-order chi connectivity index (χ1) is 26.6. The van der Waals surface area contributed by atoms with Gasteiger partial charge < -0.3 is 18.9 Å². The van der Waals surface area contributed by atoms with Crippen molar-refractivity contribution in [1.82, 2.24) is 0 Å². The molecule has 5 nitrogen and oxygen atoms in total. The van der Waals surface area contributed by atoms with Crippen molar-refractivity contribution in [1.29, 1.82) is 0 Å². The second-order valence-corrected chi connectivity index (χ2v) is 12.7. The van der Waals surface area contributed by atoms with Gasteiger partial charge in [-0.2, -0.15) is 8.78 Å². The van der Waals surface area contributed by atoms with Crippen molar-refractivity contribution < 1.29 is 41.3 Å². The second kappa shape index (κ2) is 15.6. The van der Waals surface area contributed by atoms with E-state index in [0.29, 0.717) is 34.1 Å². The van der Waals surface area contributed by atoms with Crippen molar-refractivity contribution >= 4 is 5.78 Å². The number of rotatable bonds is 11. The summed E-state index contributed by atoms with van der Waals surface area (Å²) in [5.74, 6) is -4.30. The molecule has 55 heavy (non-hydrogen) atoms. The van der Waals surface area contributed by atoms with Gasteiger partial charge in [-0.25, -0.2) is 8.78 Å². The van der Waals surface area contributed by atoms with E-state index >= 15 is 0 Å². The number of methoxy groups -OCH3 is 1. The van der Waals surface area contributed by atoms with Gasteiger partial charge in [0.15, 0.2) is 17.4 Å². The van der Waals surface area contributed by atoms with E-state index in [4.69, 9.17) is 18.9 Å². The summed E-state index contributed by atoms with van der Waals surface area (Å²) in [6.45, 7) is 2.84. The zero-order chi connectivity index (χ0) is 38.6. The van der Waals surface area contributed by atoms with Gasteiger partial charge in [0.05, 0.1) is 7.11 Å². The number of hydrogen-bond donors (Lipinski definition) is 0. The molecule has 9 heteroatoms. The van der Waals surface area contributed by atoms with Gasteiger partial charge in [0, 0.05) is 16.7 Å². The van der Waals surface area contributed by atoms with E-state index in [2.05, 4.69) is 0 Å². The molecule has 0 bridgehead atoms. The minimum atomic E-state index is -1.60. The highest BCUT2D eigenvalue weighted by atomic mass is 19.2. The summed E-state index contributed by atoms with van der Waals surface area (Å²) in [6, 6.07) is 41.2. The Hall–Kier alpha value is -6.87. The first-order valence-electron chi connectivity index (χ1n) is 17.1. The second-order valence-electron chi connectivity index (χ2n) is 12.7. The van der Waals surface area contributed by atoms with Crippen LogP contribution in [0.15, 0.2) is 140 Å². The van der Waals surface area contributed by atoms with Crippen molar-refractivity contribution in [3.05, 3.63) is 185 Å². The first kappa shape index (κ1) is 36.5. The minimum Gasteiger partial charge on any atom is -0.497 e. The van der Waals surface area contributed by atoms with Crippen LogP contribution in [0.2, 0.25) is 0 Å². The van der Waals surface area contributed by atoms with Crippen LogP contribution < -0.4 is 18.9 Å². The molecule has 7 rings (SSSR count). The van der Waals surface area contributed by atoms with Gasteiger partial charge in [-0.1, -0.05) is 48.5 Å². The Morgan fingerprint density at radius 3 is 1.25 bits per heavy atom. The SMILES string of the molecule is COc1ccc(-c2ccc(Oc3ccc(C(=O)c4ccc(Oc5ccc(-c6ccc(Oc7c(F)c(F)c(C)c(F)c7F)cc6)cc5)cc4)cc3C)cc2)cc1. The molecular weight excluding hydrogens is 708 g/mol. The third kappa shape index (κ3) is 7.91.